The lowest BCUT2D eigenvalue weighted by Gasteiger charge is -2.39. The Bertz CT molecular complexity index is 724. The molecule has 7 heteroatoms. The molecule has 2 aliphatic rings. The molecule has 2 saturated heterocycles. The molecule has 0 aliphatic carbocycles. The van der Waals surface area contributed by atoms with Crippen LogP contribution in [0.5, 0.6) is 5.88 Å². The van der Waals surface area contributed by atoms with Crippen LogP contribution in [0.2, 0.25) is 0 Å². The first-order chi connectivity index (χ1) is 11.7. The van der Waals surface area contributed by atoms with E-state index in [1.54, 1.807) is 13.4 Å². The first-order valence-corrected chi connectivity index (χ1v) is 8.42. The minimum Gasteiger partial charge on any atom is -0.481 e. The first kappa shape index (κ1) is 15.1. The highest BCUT2D eigenvalue weighted by molar-refractivity contribution is 5.44. The van der Waals surface area contributed by atoms with E-state index in [-0.39, 0.29) is 0 Å². The van der Waals surface area contributed by atoms with Crippen molar-refractivity contribution in [3.05, 3.63) is 30.4 Å². The van der Waals surface area contributed by atoms with Gasteiger partial charge in [0.2, 0.25) is 11.8 Å². The Labute approximate surface area is 141 Å². The number of aromatic nitrogens is 4. The number of methoxy groups -OCH3 is 1. The Morgan fingerprint density at radius 1 is 1.17 bits per heavy atom. The van der Waals surface area contributed by atoms with Crippen LogP contribution in [-0.4, -0.2) is 52.7 Å². The van der Waals surface area contributed by atoms with E-state index in [2.05, 4.69) is 29.7 Å². The molecule has 0 aromatic carbocycles. The lowest BCUT2D eigenvalue weighted by atomic mass is 9.92. The van der Waals surface area contributed by atoms with Crippen LogP contribution in [0.25, 0.3) is 0 Å². The molecule has 0 spiro atoms. The van der Waals surface area contributed by atoms with Crippen molar-refractivity contribution < 1.29 is 4.74 Å². The Morgan fingerprint density at radius 2 is 2.04 bits per heavy atom. The fourth-order valence-corrected chi connectivity index (χ4v) is 3.79. The lowest BCUT2D eigenvalue weighted by molar-refractivity contribution is 0.383. The van der Waals surface area contributed by atoms with Gasteiger partial charge in [-0.3, -0.25) is 0 Å². The summed E-state index contributed by atoms with van der Waals surface area (Å²) in [5.41, 5.74) is 1.01. The Balaban J connectivity index is 1.56. The molecule has 4 heterocycles. The van der Waals surface area contributed by atoms with Gasteiger partial charge in [-0.25, -0.2) is 19.9 Å². The van der Waals surface area contributed by atoms with Crippen molar-refractivity contribution in [2.24, 2.45) is 5.92 Å². The minimum absolute atomic E-state index is 0.432. The molecule has 7 nitrogen and oxygen atoms in total. The van der Waals surface area contributed by atoms with E-state index in [1.807, 2.05) is 25.3 Å². The van der Waals surface area contributed by atoms with Crippen LogP contribution >= 0.6 is 0 Å². The van der Waals surface area contributed by atoms with Gasteiger partial charge in [0.05, 0.1) is 13.2 Å². The largest absolute Gasteiger partial charge is 0.481 e. The second-order valence-corrected chi connectivity index (χ2v) is 6.46. The molecule has 2 fully saturated rings. The van der Waals surface area contributed by atoms with E-state index in [0.717, 1.165) is 37.1 Å². The minimum atomic E-state index is 0.432. The number of aryl methyl sites for hydroxylation is 1. The molecule has 0 N–H and O–H groups in total. The highest BCUT2D eigenvalue weighted by Gasteiger charge is 2.39. The molecule has 24 heavy (non-hydrogen) atoms. The number of anilines is 2. The zero-order valence-electron chi connectivity index (χ0n) is 14.1. The van der Waals surface area contributed by atoms with Crippen LogP contribution in [0.3, 0.4) is 0 Å². The predicted molar refractivity (Wildman–Crippen MR) is 91.4 cm³/mol. The number of nitrogens with zero attached hydrogens (tertiary/aromatic N) is 6. The third-order valence-corrected chi connectivity index (χ3v) is 5.06. The van der Waals surface area contributed by atoms with Gasteiger partial charge in [-0.2, -0.15) is 0 Å². The normalized spacial score (nSPS) is 23.2. The number of ether oxygens (including phenoxy) is 1. The summed E-state index contributed by atoms with van der Waals surface area (Å²) < 4.78 is 5.23. The molecule has 0 radical (unpaired) electrons. The molecule has 0 saturated carbocycles. The SMILES string of the molecule is COc1cc(N2CCC3CCN(c4nccc(C)n4)C3C2)ncn1. The monoisotopic (exact) mass is 326 g/mol. The molecule has 2 aromatic heterocycles. The van der Waals surface area contributed by atoms with Crippen LogP contribution in [0.1, 0.15) is 18.5 Å². The van der Waals surface area contributed by atoms with E-state index >= 15 is 0 Å². The van der Waals surface area contributed by atoms with Crippen molar-refractivity contribution in [1.82, 2.24) is 19.9 Å². The van der Waals surface area contributed by atoms with Crippen LogP contribution < -0.4 is 14.5 Å². The van der Waals surface area contributed by atoms with Crippen LogP contribution in [0.15, 0.2) is 24.7 Å². The fourth-order valence-electron chi connectivity index (χ4n) is 3.79. The zero-order chi connectivity index (χ0) is 16.5. The van der Waals surface area contributed by atoms with Crippen molar-refractivity contribution in [1.29, 1.82) is 0 Å². The van der Waals surface area contributed by atoms with Gasteiger partial charge in [0.15, 0.2) is 0 Å². The smallest absolute Gasteiger partial charge is 0.225 e. The highest BCUT2D eigenvalue weighted by Crippen LogP contribution is 2.35. The summed E-state index contributed by atoms with van der Waals surface area (Å²) in [6.45, 7) is 4.99. The highest BCUT2D eigenvalue weighted by atomic mass is 16.5. The number of hydrogen-bond donors (Lipinski definition) is 0. The zero-order valence-corrected chi connectivity index (χ0v) is 14.1. The molecule has 4 rings (SSSR count). The van der Waals surface area contributed by atoms with E-state index in [4.69, 9.17) is 4.74 Å². The van der Waals surface area contributed by atoms with Gasteiger partial charge in [0.25, 0.3) is 0 Å². The number of piperidine rings is 1. The van der Waals surface area contributed by atoms with E-state index in [1.165, 1.54) is 12.8 Å². The maximum absolute atomic E-state index is 5.23. The molecule has 126 valence electrons. The van der Waals surface area contributed by atoms with Crippen molar-refractivity contribution in [2.75, 3.05) is 36.5 Å². The van der Waals surface area contributed by atoms with Gasteiger partial charge < -0.3 is 14.5 Å². The van der Waals surface area contributed by atoms with E-state index in [9.17, 15) is 0 Å². The summed E-state index contributed by atoms with van der Waals surface area (Å²) in [6, 6.07) is 4.28. The molecule has 0 amide bonds. The van der Waals surface area contributed by atoms with Crippen LogP contribution in [-0.2, 0) is 0 Å². The number of fused-ring (bicyclic) bond motifs is 1. The first-order valence-electron chi connectivity index (χ1n) is 8.42. The van der Waals surface area contributed by atoms with Gasteiger partial charge in [-0.1, -0.05) is 0 Å². The summed E-state index contributed by atoms with van der Waals surface area (Å²) >= 11 is 0. The Hall–Kier alpha value is -2.44. The van der Waals surface area contributed by atoms with Gasteiger partial charge in [0, 0.05) is 37.6 Å². The van der Waals surface area contributed by atoms with E-state index in [0.29, 0.717) is 17.8 Å². The van der Waals surface area contributed by atoms with Crippen LogP contribution in [0.4, 0.5) is 11.8 Å². The molecule has 0 bridgehead atoms. The van der Waals surface area contributed by atoms with E-state index < -0.39 is 0 Å². The van der Waals surface area contributed by atoms with Gasteiger partial charge >= 0.3 is 0 Å². The third-order valence-electron chi connectivity index (χ3n) is 5.06. The number of rotatable bonds is 3. The lowest BCUT2D eigenvalue weighted by Crippen LogP contribution is -2.49. The number of hydrogen-bond acceptors (Lipinski definition) is 7. The molecule has 2 unspecified atom stereocenters. The Morgan fingerprint density at radius 3 is 2.88 bits per heavy atom. The summed E-state index contributed by atoms with van der Waals surface area (Å²) in [5.74, 6) is 3.09. The van der Waals surface area contributed by atoms with Gasteiger partial charge in [0.1, 0.15) is 12.1 Å². The average Bonchev–Trinajstić information content (AvgIpc) is 3.05. The van der Waals surface area contributed by atoms with Crippen molar-refractivity contribution in [3.8, 4) is 5.88 Å². The van der Waals surface area contributed by atoms with Gasteiger partial charge in [-0.05, 0) is 31.7 Å². The third kappa shape index (κ3) is 2.74. The van der Waals surface area contributed by atoms with Gasteiger partial charge in [-0.15, -0.1) is 0 Å². The molecule has 2 aliphatic heterocycles. The fraction of sp³-hybridized carbons (Fsp3) is 0.529. The summed E-state index contributed by atoms with van der Waals surface area (Å²) in [5, 5.41) is 0. The molecular formula is C17H22N6O. The summed E-state index contributed by atoms with van der Waals surface area (Å²) in [7, 11) is 1.63. The standard InChI is InChI=1S/C17H22N6O/c1-12-3-6-18-17(21-12)23-8-5-13-4-7-22(10-14(13)23)15-9-16(24-2)20-11-19-15/h3,6,9,11,13-14H,4-5,7-8,10H2,1-2H3. The quantitative estimate of drug-likeness (QED) is 0.850. The second-order valence-electron chi connectivity index (χ2n) is 6.46. The maximum atomic E-state index is 5.23. The average molecular weight is 326 g/mol. The maximum Gasteiger partial charge on any atom is 0.225 e. The second kappa shape index (κ2) is 6.22. The summed E-state index contributed by atoms with van der Waals surface area (Å²) in [4.78, 5) is 22.3. The molecular weight excluding hydrogens is 304 g/mol. The summed E-state index contributed by atoms with van der Waals surface area (Å²) in [6.07, 6.45) is 5.79. The van der Waals surface area contributed by atoms with Crippen LogP contribution in [0, 0.1) is 12.8 Å². The topological polar surface area (TPSA) is 67.3 Å². The molecule has 2 atom stereocenters. The predicted octanol–water partition coefficient (Wildman–Crippen LogP) is 1.69. The molecule has 2 aromatic rings. The van der Waals surface area contributed by atoms with Crippen molar-refractivity contribution in [2.45, 2.75) is 25.8 Å². The Kier molecular flexibility index (Phi) is 3.92. The van der Waals surface area contributed by atoms with Crippen molar-refractivity contribution >= 4 is 11.8 Å². The van der Waals surface area contributed by atoms with Crippen molar-refractivity contribution in [3.63, 3.8) is 0 Å².